The van der Waals surface area contributed by atoms with Gasteiger partial charge in [-0.15, -0.1) is 0 Å². The van der Waals surface area contributed by atoms with E-state index in [1.807, 2.05) is 0 Å². The fourth-order valence-electron chi connectivity index (χ4n) is 2.48. The van der Waals surface area contributed by atoms with Crippen molar-refractivity contribution in [3.8, 4) is 0 Å². The minimum Gasteiger partial charge on any atom is -0.478 e. The maximum Gasteiger partial charge on any atom is 0.348 e. The van der Waals surface area contributed by atoms with Crippen LogP contribution in [-0.4, -0.2) is 38.0 Å². The van der Waals surface area contributed by atoms with Gasteiger partial charge in [-0.3, -0.25) is 4.79 Å². The maximum absolute atomic E-state index is 11.9. The molecule has 6 heteroatoms. The summed E-state index contributed by atoms with van der Waals surface area (Å²) < 4.78 is 1.45. The Kier molecular flexibility index (Phi) is 3.64. The van der Waals surface area contributed by atoms with Crippen LogP contribution in [0.2, 0.25) is 0 Å². The first-order valence-corrected chi connectivity index (χ1v) is 6.13. The van der Waals surface area contributed by atoms with Crippen LogP contribution in [0.5, 0.6) is 0 Å². The minimum absolute atomic E-state index is 0.0884. The molecule has 0 bridgehead atoms. The lowest BCUT2D eigenvalue weighted by molar-refractivity contribution is -0.152. The highest BCUT2D eigenvalue weighted by Gasteiger charge is 2.38. The van der Waals surface area contributed by atoms with Crippen LogP contribution in [0.15, 0.2) is 18.7 Å². The van der Waals surface area contributed by atoms with E-state index in [0.717, 1.165) is 12.8 Å². The summed E-state index contributed by atoms with van der Waals surface area (Å²) in [4.78, 5) is 28.6. The first-order chi connectivity index (χ1) is 8.63. The Morgan fingerprint density at radius 2 is 2.44 bits per heavy atom. The quantitative estimate of drug-likeness (QED) is 0.850. The zero-order valence-corrected chi connectivity index (χ0v) is 10.3. The molecule has 0 saturated carbocycles. The van der Waals surface area contributed by atoms with Crippen molar-refractivity contribution in [1.29, 1.82) is 0 Å². The molecule has 1 N–H and O–H groups in total. The Bertz CT molecular complexity index is 430. The van der Waals surface area contributed by atoms with Crippen molar-refractivity contribution in [1.82, 2.24) is 14.5 Å². The number of carbonyl (C=O) groups is 2. The Balaban J connectivity index is 2.17. The second-order valence-corrected chi connectivity index (χ2v) is 4.63. The second kappa shape index (κ2) is 5.20. The summed E-state index contributed by atoms with van der Waals surface area (Å²) in [7, 11) is 0. The van der Waals surface area contributed by atoms with E-state index in [1.54, 1.807) is 6.20 Å². The Morgan fingerprint density at radius 3 is 3.00 bits per heavy atom. The van der Waals surface area contributed by atoms with Gasteiger partial charge in [-0.1, -0.05) is 13.3 Å². The number of carbonyl (C=O) groups excluding carboxylic acids is 1. The third-order valence-electron chi connectivity index (χ3n) is 3.26. The summed E-state index contributed by atoms with van der Waals surface area (Å²) in [6.07, 6.45) is 5.96. The molecule has 1 aromatic rings. The Hall–Kier alpha value is -1.85. The number of carboxylic acid groups (broad SMARTS) is 1. The molecule has 0 aliphatic carbocycles. The molecule has 98 valence electrons. The van der Waals surface area contributed by atoms with Gasteiger partial charge in [-0.25, -0.2) is 9.78 Å². The molecule has 1 aromatic heterocycles. The number of carboxylic acids is 1. The van der Waals surface area contributed by atoms with Crippen molar-refractivity contribution in [3.63, 3.8) is 0 Å². The summed E-state index contributed by atoms with van der Waals surface area (Å²) in [6, 6.07) is 0. The van der Waals surface area contributed by atoms with Gasteiger partial charge in [0.1, 0.15) is 0 Å². The molecule has 1 saturated heterocycles. The number of rotatable bonds is 5. The first kappa shape index (κ1) is 12.6. The van der Waals surface area contributed by atoms with Gasteiger partial charge in [0.2, 0.25) is 12.1 Å². The van der Waals surface area contributed by atoms with Crippen molar-refractivity contribution in [2.45, 2.75) is 32.4 Å². The number of likely N-dealkylation sites (tertiary alicyclic amines) is 1. The lowest BCUT2D eigenvalue weighted by Crippen LogP contribution is -2.38. The van der Waals surface area contributed by atoms with E-state index in [4.69, 9.17) is 0 Å². The summed E-state index contributed by atoms with van der Waals surface area (Å²) in [6.45, 7) is 2.58. The molecule has 0 radical (unpaired) electrons. The predicted octanol–water partition coefficient (Wildman–Crippen LogP) is 1.11. The third-order valence-corrected chi connectivity index (χ3v) is 3.26. The number of hydrogen-bond acceptors (Lipinski definition) is 3. The molecule has 2 atom stereocenters. The standard InChI is InChI=1S/C12H17N3O3/c1-2-3-9-6-10(16)15(7-9)11(12(17)18)14-5-4-13-8-14/h4-5,8-9,11H,2-3,6-7H2,1H3,(H,17,18). The molecule has 1 aliphatic heterocycles. The van der Waals surface area contributed by atoms with E-state index >= 15 is 0 Å². The van der Waals surface area contributed by atoms with E-state index in [1.165, 1.54) is 22.0 Å². The number of imidazole rings is 1. The molecular weight excluding hydrogens is 234 g/mol. The monoisotopic (exact) mass is 251 g/mol. The SMILES string of the molecule is CCCC1CC(=O)N(C(C(=O)O)n2ccnc2)C1. The van der Waals surface area contributed by atoms with Gasteiger partial charge >= 0.3 is 5.97 Å². The van der Waals surface area contributed by atoms with Crippen molar-refractivity contribution in [2.24, 2.45) is 5.92 Å². The molecule has 1 fully saturated rings. The van der Waals surface area contributed by atoms with Crippen molar-refractivity contribution in [3.05, 3.63) is 18.7 Å². The Labute approximate surface area is 105 Å². The highest BCUT2D eigenvalue weighted by Crippen LogP contribution is 2.27. The Morgan fingerprint density at radius 1 is 1.67 bits per heavy atom. The number of aromatic nitrogens is 2. The molecule has 6 nitrogen and oxygen atoms in total. The summed E-state index contributed by atoms with van der Waals surface area (Å²) in [5.74, 6) is -0.846. The summed E-state index contributed by atoms with van der Waals surface area (Å²) in [5.41, 5.74) is 0. The second-order valence-electron chi connectivity index (χ2n) is 4.63. The maximum atomic E-state index is 11.9. The summed E-state index contributed by atoms with van der Waals surface area (Å²) >= 11 is 0. The summed E-state index contributed by atoms with van der Waals surface area (Å²) in [5, 5.41) is 9.30. The average Bonchev–Trinajstić information content (AvgIpc) is 2.91. The number of amides is 1. The minimum atomic E-state index is -1.03. The van der Waals surface area contributed by atoms with Gasteiger partial charge in [0.25, 0.3) is 0 Å². The van der Waals surface area contributed by atoms with Gasteiger partial charge in [0, 0.05) is 25.4 Å². The molecule has 1 aliphatic rings. The topological polar surface area (TPSA) is 75.4 Å². The molecule has 2 unspecified atom stereocenters. The highest BCUT2D eigenvalue weighted by molar-refractivity contribution is 5.84. The molecule has 18 heavy (non-hydrogen) atoms. The van der Waals surface area contributed by atoms with Gasteiger partial charge in [0.15, 0.2) is 0 Å². The van der Waals surface area contributed by atoms with Crippen LogP contribution < -0.4 is 0 Å². The average molecular weight is 251 g/mol. The highest BCUT2D eigenvalue weighted by atomic mass is 16.4. The predicted molar refractivity (Wildman–Crippen MR) is 63.6 cm³/mol. The van der Waals surface area contributed by atoms with Gasteiger partial charge in [-0.2, -0.15) is 0 Å². The van der Waals surface area contributed by atoms with E-state index < -0.39 is 12.1 Å². The number of hydrogen-bond donors (Lipinski definition) is 1. The van der Waals surface area contributed by atoms with Crippen LogP contribution >= 0.6 is 0 Å². The van der Waals surface area contributed by atoms with E-state index in [2.05, 4.69) is 11.9 Å². The van der Waals surface area contributed by atoms with Crippen molar-refractivity contribution >= 4 is 11.9 Å². The number of nitrogens with zero attached hydrogens (tertiary/aromatic N) is 3. The smallest absolute Gasteiger partial charge is 0.348 e. The van der Waals surface area contributed by atoms with Gasteiger partial charge in [0.05, 0.1) is 6.33 Å². The van der Waals surface area contributed by atoms with Crippen LogP contribution in [0, 0.1) is 5.92 Å². The van der Waals surface area contributed by atoms with E-state index in [9.17, 15) is 14.7 Å². The molecule has 0 aromatic carbocycles. The molecule has 2 rings (SSSR count). The van der Waals surface area contributed by atoms with Crippen molar-refractivity contribution in [2.75, 3.05) is 6.54 Å². The van der Waals surface area contributed by atoms with Crippen LogP contribution in [0.3, 0.4) is 0 Å². The van der Waals surface area contributed by atoms with E-state index in [-0.39, 0.29) is 11.8 Å². The van der Waals surface area contributed by atoms with Crippen LogP contribution in [0.25, 0.3) is 0 Å². The van der Waals surface area contributed by atoms with Gasteiger partial charge in [-0.05, 0) is 12.3 Å². The molecular formula is C12H17N3O3. The lowest BCUT2D eigenvalue weighted by Gasteiger charge is -2.25. The largest absolute Gasteiger partial charge is 0.478 e. The molecule has 2 heterocycles. The normalized spacial score (nSPS) is 21.3. The van der Waals surface area contributed by atoms with Crippen molar-refractivity contribution < 1.29 is 14.7 Å². The van der Waals surface area contributed by atoms with Crippen LogP contribution in [0.4, 0.5) is 0 Å². The molecule has 0 spiro atoms. The van der Waals surface area contributed by atoms with Crippen LogP contribution in [0.1, 0.15) is 32.4 Å². The third kappa shape index (κ3) is 2.37. The first-order valence-electron chi connectivity index (χ1n) is 6.13. The zero-order chi connectivity index (χ0) is 13.1. The fourth-order valence-corrected chi connectivity index (χ4v) is 2.48. The number of aliphatic carboxylic acids is 1. The van der Waals surface area contributed by atoms with E-state index in [0.29, 0.717) is 13.0 Å². The van der Waals surface area contributed by atoms with Crippen LogP contribution in [-0.2, 0) is 9.59 Å². The zero-order valence-electron chi connectivity index (χ0n) is 10.3. The lowest BCUT2D eigenvalue weighted by atomic mass is 10.0. The fraction of sp³-hybridized carbons (Fsp3) is 0.583. The van der Waals surface area contributed by atoms with Gasteiger partial charge < -0.3 is 14.6 Å². The molecule has 1 amide bonds.